The smallest absolute Gasteiger partial charge is 0.142 e. The number of nitrogen functional groups attached to an aromatic ring is 1. The number of rotatable bonds is 1. The van der Waals surface area contributed by atoms with Gasteiger partial charge in [0.15, 0.2) is 0 Å². The fourth-order valence-electron chi connectivity index (χ4n) is 1.92. The zero-order valence-electron chi connectivity index (χ0n) is 8.53. The van der Waals surface area contributed by atoms with E-state index >= 15 is 0 Å². The number of aromatic amines is 1. The molecule has 1 aromatic rings. The molecular weight excluding hydrogens is 180 g/mol. The second-order valence-corrected chi connectivity index (χ2v) is 3.83. The average Bonchev–Trinajstić information content (AvgIpc) is 2.49. The molecule has 14 heavy (non-hydrogen) atoms. The molecule has 0 amide bonds. The zero-order chi connectivity index (χ0) is 10.1. The molecule has 3 N–H and O–H groups in total. The fraction of sp³-hybridized carbons (Fsp3) is 0.667. The number of hydrogen-bond acceptors (Lipinski definition) is 4. The van der Waals surface area contributed by atoms with Crippen molar-refractivity contribution in [3.63, 3.8) is 0 Å². The van der Waals surface area contributed by atoms with Crippen LogP contribution in [-0.2, 0) is 4.74 Å². The van der Waals surface area contributed by atoms with Crippen LogP contribution in [0.4, 0.5) is 11.5 Å². The Hall–Kier alpha value is -1.23. The van der Waals surface area contributed by atoms with Gasteiger partial charge < -0.3 is 15.4 Å². The molecule has 2 unspecified atom stereocenters. The van der Waals surface area contributed by atoms with Crippen LogP contribution in [0.5, 0.6) is 0 Å². The van der Waals surface area contributed by atoms with Gasteiger partial charge in [-0.1, -0.05) is 0 Å². The van der Waals surface area contributed by atoms with Gasteiger partial charge in [-0.15, -0.1) is 0 Å². The third kappa shape index (κ3) is 1.68. The van der Waals surface area contributed by atoms with Crippen LogP contribution >= 0.6 is 0 Å². The summed E-state index contributed by atoms with van der Waals surface area (Å²) in [7, 11) is 0. The molecule has 2 rings (SSSR count). The van der Waals surface area contributed by atoms with Gasteiger partial charge >= 0.3 is 0 Å². The second kappa shape index (κ2) is 3.49. The molecule has 1 aliphatic rings. The number of aromatic nitrogens is 2. The molecule has 0 radical (unpaired) electrons. The highest BCUT2D eigenvalue weighted by molar-refractivity contribution is 5.62. The molecule has 0 aromatic carbocycles. The molecule has 5 heteroatoms. The van der Waals surface area contributed by atoms with Crippen LogP contribution in [-0.4, -0.2) is 35.5 Å². The molecule has 1 saturated heterocycles. The first-order chi connectivity index (χ1) is 6.66. The number of ether oxygens (including phenoxy) is 1. The van der Waals surface area contributed by atoms with Gasteiger partial charge in [0.05, 0.1) is 24.1 Å². The maximum atomic E-state index is 5.76. The number of H-pyrrole nitrogens is 1. The molecule has 0 saturated carbocycles. The van der Waals surface area contributed by atoms with E-state index in [1.807, 2.05) is 0 Å². The molecule has 0 bridgehead atoms. The Morgan fingerprint density at radius 2 is 2.14 bits per heavy atom. The van der Waals surface area contributed by atoms with Crippen LogP contribution in [0.3, 0.4) is 0 Å². The molecule has 78 valence electrons. The van der Waals surface area contributed by atoms with E-state index in [1.54, 1.807) is 6.20 Å². The van der Waals surface area contributed by atoms with E-state index < -0.39 is 0 Å². The first kappa shape index (κ1) is 9.33. The first-order valence-corrected chi connectivity index (χ1v) is 4.86. The van der Waals surface area contributed by atoms with Crippen LogP contribution in [0.2, 0.25) is 0 Å². The highest BCUT2D eigenvalue weighted by Gasteiger charge is 2.24. The second-order valence-electron chi connectivity index (χ2n) is 3.83. The predicted molar refractivity (Wildman–Crippen MR) is 55.2 cm³/mol. The number of nitrogens with two attached hydrogens (primary N) is 1. The molecule has 0 spiro atoms. The minimum absolute atomic E-state index is 0.244. The summed E-state index contributed by atoms with van der Waals surface area (Å²) in [6, 6.07) is 0. The van der Waals surface area contributed by atoms with Gasteiger partial charge in [-0.3, -0.25) is 5.10 Å². The Morgan fingerprint density at radius 3 is 2.64 bits per heavy atom. The summed E-state index contributed by atoms with van der Waals surface area (Å²) >= 11 is 0. The average molecular weight is 196 g/mol. The van der Waals surface area contributed by atoms with Gasteiger partial charge in [0.25, 0.3) is 0 Å². The summed E-state index contributed by atoms with van der Waals surface area (Å²) in [6.07, 6.45) is 2.25. The molecule has 5 nitrogen and oxygen atoms in total. The van der Waals surface area contributed by atoms with Crippen LogP contribution in [0.15, 0.2) is 6.20 Å². The van der Waals surface area contributed by atoms with Gasteiger partial charge in [-0.25, -0.2) is 0 Å². The van der Waals surface area contributed by atoms with E-state index in [-0.39, 0.29) is 12.2 Å². The van der Waals surface area contributed by atoms with Crippen molar-refractivity contribution in [2.24, 2.45) is 0 Å². The molecular formula is C9H16N4O. The van der Waals surface area contributed by atoms with Crippen molar-refractivity contribution in [3.8, 4) is 0 Å². The van der Waals surface area contributed by atoms with Crippen molar-refractivity contribution in [1.82, 2.24) is 10.2 Å². The van der Waals surface area contributed by atoms with Crippen molar-refractivity contribution in [3.05, 3.63) is 6.20 Å². The first-order valence-electron chi connectivity index (χ1n) is 4.86. The van der Waals surface area contributed by atoms with Gasteiger partial charge in [-0.2, -0.15) is 5.10 Å². The SMILES string of the molecule is CC1CN(c2cn[nH]c2N)CC(C)O1. The Balaban J connectivity index is 2.15. The molecule has 1 fully saturated rings. The number of hydrogen-bond donors (Lipinski definition) is 2. The summed E-state index contributed by atoms with van der Waals surface area (Å²) in [5.41, 5.74) is 6.74. The summed E-state index contributed by atoms with van der Waals surface area (Å²) in [5, 5.41) is 6.66. The zero-order valence-corrected chi connectivity index (χ0v) is 8.53. The van der Waals surface area contributed by atoms with Gasteiger partial charge in [0.1, 0.15) is 5.82 Å². The Labute approximate surface area is 83.2 Å². The Bertz CT molecular complexity index is 302. The quantitative estimate of drug-likeness (QED) is 0.690. The molecule has 2 heterocycles. The lowest BCUT2D eigenvalue weighted by Gasteiger charge is -2.36. The van der Waals surface area contributed by atoms with Crippen molar-refractivity contribution < 1.29 is 4.74 Å². The molecule has 2 atom stereocenters. The summed E-state index contributed by atoms with van der Waals surface area (Å²) in [5.74, 6) is 0.631. The lowest BCUT2D eigenvalue weighted by molar-refractivity contribution is -0.00516. The fourth-order valence-corrected chi connectivity index (χ4v) is 1.92. The topological polar surface area (TPSA) is 67.2 Å². The Morgan fingerprint density at radius 1 is 1.50 bits per heavy atom. The van der Waals surface area contributed by atoms with E-state index in [2.05, 4.69) is 28.9 Å². The third-order valence-corrected chi connectivity index (χ3v) is 2.41. The maximum absolute atomic E-state index is 5.76. The number of nitrogens with one attached hydrogen (secondary N) is 1. The van der Waals surface area contributed by atoms with E-state index in [0.717, 1.165) is 18.8 Å². The highest BCUT2D eigenvalue weighted by Crippen LogP contribution is 2.23. The van der Waals surface area contributed by atoms with Crippen LogP contribution in [0.25, 0.3) is 0 Å². The summed E-state index contributed by atoms with van der Waals surface area (Å²) in [4.78, 5) is 2.21. The Kier molecular flexibility index (Phi) is 2.33. The monoisotopic (exact) mass is 196 g/mol. The number of nitrogens with zero attached hydrogens (tertiary/aromatic N) is 2. The third-order valence-electron chi connectivity index (χ3n) is 2.41. The molecule has 0 aliphatic carbocycles. The van der Waals surface area contributed by atoms with Crippen LogP contribution < -0.4 is 10.6 Å². The normalized spacial score (nSPS) is 28.0. The standard InChI is InChI=1S/C9H16N4O/c1-6-4-13(5-7(2)14-6)8-3-11-12-9(8)10/h3,6-7H,4-5H2,1-2H3,(H3,10,11,12). The van der Waals surface area contributed by atoms with Gasteiger partial charge in [0.2, 0.25) is 0 Å². The van der Waals surface area contributed by atoms with Crippen molar-refractivity contribution in [2.45, 2.75) is 26.1 Å². The van der Waals surface area contributed by atoms with Crippen molar-refractivity contribution in [1.29, 1.82) is 0 Å². The number of morpholine rings is 1. The minimum Gasteiger partial charge on any atom is -0.382 e. The van der Waals surface area contributed by atoms with Crippen molar-refractivity contribution in [2.75, 3.05) is 23.7 Å². The summed E-state index contributed by atoms with van der Waals surface area (Å²) < 4.78 is 5.64. The lowest BCUT2D eigenvalue weighted by Crippen LogP contribution is -2.45. The molecule has 1 aliphatic heterocycles. The van der Waals surface area contributed by atoms with Crippen LogP contribution in [0, 0.1) is 0 Å². The van der Waals surface area contributed by atoms with Crippen molar-refractivity contribution >= 4 is 11.5 Å². The minimum atomic E-state index is 0.244. The maximum Gasteiger partial charge on any atom is 0.142 e. The van der Waals surface area contributed by atoms with E-state index in [1.165, 1.54) is 0 Å². The van der Waals surface area contributed by atoms with Gasteiger partial charge in [0, 0.05) is 13.1 Å². The predicted octanol–water partition coefficient (Wildman–Crippen LogP) is 0.606. The van der Waals surface area contributed by atoms with E-state index in [4.69, 9.17) is 10.5 Å². The highest BCUT2D eigenvalue weighted by atomic mass is 16.5. The van der Waals surface area contributed by atoms with Gasteiger partial charge in [-0.05, 0) is 13.8 Å². The number of anilines is 2. The van der Waals surface area contributed by atoms with E-state index in [9.17, 15) is 0 Å². The van der Waals surface area contributed by atoms with Crippen LogP contribution in [0.1, 0.15) is 13.8 Å². The van der Waals surface area contributed by atoms with E-state index in [0.29, 0.717) is 5.82 Å². The lowest BCUT2D eigenvalue weighted by atomic mass is 10.2. The summed E-state index contributed by atoms with van der Waals surface area (Å²) in [6.45, 7) is 5.88. The molecule has 1 aromatic heterocycles. The largest absolute Gasteiger partial charge is 0.382 e.